The first-order chi connectivity index (χ1) is 8.65. The van der Waals surface area contributed by atoms with E-state index in [1.54, 1.807) is 0 Å². The van der Waals surface area contributed by atoms with Crippen molar-refractivity contribution in [1.82, 2.24) is 0 Å². The van der Waals surface area contributed by atoms with Crippen LogP contribution in [0.15, 0.2) is 24.3 Å². The van der Waals surface area contributed by atoms with Gasteiger partial charge in [0, 0.05) is 43.6 Å². The molecule has 2 unspecified atom stereocenters. The average molecular weight is 245 g/mol. The Bertz CT molecular complexity index is 416. The third-order valence-corrected chi connectivity index (χ3v) is 4.41. The minimum Gasteiger partial charge on any atom is -0.378 e. The maximum atomic E-state index is 6.14. The molecule has 2 aliphatic rings. The second-order valence-corrected chi connectivity index (χ2v) is 5.94. The molecule has 3 nitrogen and oxygen atoms in total. The predicted molar refractivity (Wildman–Crippen MR) is 77.3 cm³/mol. The van der Waals surface area contributed by atoms with Gasteiger partial charge in [0.1, 0.15) is 0 Å². The van der Waals surface area contributed by atoms with E-state index in [9.17, 15) is 0 Å². The average Bonchev–Trinajstić information content (AvgIpc) is 2.62. The van der Waals surface area contributed by atoms with Crippen molar-refractivity contribution in [2.45, 2.75) is 43.8 Å². The van der Waals surface area contributed by atoms with Gasteiger partial charge in [0.05, 0.1) is 0 Å². The zero-order valence-electron chi connectivity index (χ0n) is 11.3. The molecule has 3 heteroatoms. The van der Waals surface area contributed by atoms with Crippen LogP contribution in [0.5, 0.6) is 0 Å². The molecule has 1 aromatic carbocycles. The standard InChI is InChI=1S/C15H23N3/c1-17(2)12-4-3-5-13(10-12)18-14-6-7-15(18)9-11(16)8-14/h3-5,10-11,14-15H,6-9,16H2,1-2H3. The molecule has 1 aromatic rings. The van der Waals surface area contributed by atoms with Gasteiger partial charge in [-0.15, -0.1) is 0 Å². The minimum atomic E-state index is 0.413. The minimum absolute atomic E-state index is 0.413. The Morgan fingerprint density at radius 1 is 1.17 bits per heavy atom. The maximum Gasteiger partial charge on any atom is 0.0392 e. The second kappa shape index (κ2) is 4.47. The summed E-state index contributed by atoms with van der Waals surface area (Å²) in [6.07, 6.45) is 4.93. The lowest BCUT2D eigenvalue weighted by atomic mass is 9.97. The van der Waals surface area contributed by atoms with Crippen LogP contribution in [0.3, 0.4) is 0 Å². The summed E-state index contributed by atoms with van der Waals surface area (Å²) in [6, 6.07) is 10.6. The summed E-state index contributed by atoms with van der Waals surface area (Å²) in [4.78, 5) is 4.79. The van der Waals surface area contributed by atoms with Crippen molar-refractivity contribution >= 4 is 11.4 Å². The molecule has 2 heterocycles. The molecule has 2 atom stereocenters. The Hall–Kier alpha value is -1.22. The van der Waals surface area contributed by atoms with Crippen molar-refractivity contribution < 1.29 is 0 Å². The van der Waals surface area contributed by atoms with Crippen LogP contribution >= 0.6 is 0 Å². The molecule has 2 bridgehead atoms. The maximum absolute atomic E-state index is 6.14. The van der Waals surface area contributed by atoms with Crippen LogP contribution in [0.2, 0.25) is 0 Å². The molecule has 98 valence electrons. The van der Waals surface area contributed by atoms with Gasteiger partial charge in [-0.3, -0.25) is 0 Å². The van der Waals surface area contributed by atoms with Crippen molar-refractivity contribution in [2.24, 2.45) is 5.73 Å². The topological polar surface area (TPSA) is 32.5 Å². The number of rotatable bonds is 2. The number of piperidine rings is 1. The van der Waals surface area contributed by atoms with Gasteiger partial charge in [-0.05, 0) is 43.9 Å². The summed E-state index contributed by atoms with van der Waals surface area (Å²) < 4.78 is 0. The predicted octanol–water partition coefficient (Wildman–Crippen LogP) is 2.21. The first-order valence-corrected chi connectivity index (χ1v) is 6.96. The van der Waals surface area contributed by atoms with Crippen LogP contribution in [-0.4, -0.2) is 32.2 Å². The Morgan fingerprint density at radius 2 is 1.83 bits per heavy atom. The van der Waals surface area contributed by atoms with Crippen molar-refractivity contribution in [3.63, 3.8) is 0 Å². The summed E-state index contributed by atoms with van der Waals surface area (Å²) in [5, 5.41) is 0. The number of hydrogen-bond donors (Lipinski definition) is 1. The van der Waals surface area contributed by atoms with Gasteiger partial charge in [-0.1, -0.05) is 6.07 Å². The van der Waals surface area contributed by atoms with E-state index >= 15 is 0 Å². The molecule has 2 N–H and O–H groups in total. The van der Waals surface area contributed by atoms with E-state index in [0.717, 1.165) is 12.8 Å². The quantitative estimate of drug-likeness (QED) is 0.867. The van der Waals surface area contributed by atoms with E-state index in [-0.39, 0.29) is 0 Å². The fraction of sp³-hybridized carbons (Fsp3) is 0.600. The van der Waals surface area contributed by atoms with E-state index in [0.29, 0.717) is 18.1 Å². The van der Waals surface area contributed by atoms with E-state index in [2.05, 4.69) is 48.2 Å². The lowest BCUT2D eigenvalue weighted by Crippen LogP contribution is -2.47. The second-order valence-electron chi connectivity index (χ2n) is 5.94. The highest BCUT2D eigenvalue weighted by atomic mass is 15.2. The van der Waals surface area contributed by atoms with Crippen molar-refractivity contribution in [3.8, 4) is 0 Å². The third kappa shape index (κ3) is 1.97. The van der Waals surface area contributed by atoms with Crippen LogP contribution in [-0.2, 0) is 0 Å². The van der Waals surface area contributed by atoms with Crippen LogP contribution in [0.4, 0.5) is 11.4 Å². The van der Waals surface area contributed by atoms with Crippen molar-refractivity contribution in [2.75, 3.05) is 23.9 Å². The molecule has 2 saturated heterocycles. The van der Waals surface area contributed by atoms with Crippen LogP contribution in [0, 0.1) is 0 Å². The Labute approximate surface area is 110 Å². The first kappa shape index (κ1) is 11.8. The number of nitrogens with zero attached hydrogens (tertiary/aromatic N) is 2. The largest absolute Gasteiger partial charge is 0.378 e. The fourth-order valence-electron chi connectivity index (χ4n) is 3.57. The zero-order valence-corrected chi connectivity index (χ0v) is 11.3. The smallest absolute Gasteiger partial charge is 0.0392 e. The molecule has 0 spiro atoms. The van der Waals surface area contributed by atoms with Gasteiger partial charge in [0.15, 0.2) is 0 Å². The van der Waals surface area contributed by atoms with Gasteiger partial charge in [-0.25, -0.2) is 0 Å². The zero-order chi connectivity index (χ0) is 12.7. The summed E-state index contributed by atoms with van der Waals surface area (Å²) >= 11 is 0. The molecule has 0 radical (unpaired) electrons. The van der Waals surface area contributed by atoms with Crippen LogP contribution < -0.4 is 15.5 Å². The molecule has 0 aliphatic carbocycles. The highest BCUT2D eigenvalue weighted by Crippen LogP contribution is 2.39. The van der Waals surface area contributed by atoms with E-state index in [4.69, 9.17) is 5.73 Å². The normalized spacial score (nSPS) is 30.6. The summed E-state index contributed by atoms with van der Waals surface area (Å²) in [5.41, 5.74) is 8.79. The Morgan fingerprint density at radius 3 is 2.44 bits per heavy atom. The van der Waals surface area contributed by atoms with Crippen LogP contribution in [0.25, 0.3) is 0 Å². The molecule has 0 aromatic heterocycles. The number of hydrogen-bond acceptors (Lipinski definition) is 3. The first-order valence-electron chi connectivity index (χ1n) is 6.96. The number of nitrogens with two attached hydrogens (primary N) is 1. The lowest BCUT2D eigenvalue weighted by Gasteiger charge is -2.39. The van der Waals surface area contributed by atoms with E-state index in [1.807, 2.05) is 0 Å². The molecule has 2 fully saturated rings. The molecular formula is C15H23N3. The monoisotopic (exact) mass is 245 g/mol. The molecule has 0 saturated carbocycles. The summed E-state index contributed by atoms with van der Waals surface area (Å²) in [6.45, 7) is 0. The Balaban J connectivity index is 1.89. The molecule has 18 heavy (non-hydrogen) atoms. The number of anilines is 2. The lowest BCUT2D eigenvalue weighted by molar-refractivity contribution is 0.414. The van der Waals surface area contributed by atoms with Gasteiger partial charge >= 0.3 is 0 Å². The molecular weight excluding hydrogens is 222 g/mol. The number of benzene rings is 1. The summed E-state index contributed by atoms with van der Waals surface area (Å²) in [7, 11) is 4.19. The molecule has 0 amide bonds. The molecule has 3 rings (SSSR count). The fourth-order valence-corrected chi connectivity index (χ4v) is 3.57. The SMILES string of the molecule is CN(C)c1cccc(N2C3CCC2CC(N)C3)c1. The van der Waals surface area contributed by atoms with Gasteiger partial charge < -0.3 is 15.5 Å². The van der Waals surface area contributed by atoms with Gasteiger partial charge in [-0.2, -0.15) is 0 Å². The van der Waals surface area contributed by atoms with Crippen molar-refractivity contribution in [3.05, 3.63) is 24.3 Å². The van der Waals surface area contributed by atoms with E-state index in [1.165, 1.54) is 24.2 Å². The number of fused-ring (bicyclic) bond motifs is 2. The van der Waals surface area contributed by atoms with E-state index < -0.39 is 0 Å². The van der Waals surface area contributed by atoms with Crippen LogP contribution in [0.1, 0.15) is 25.7 Å². The summed E-state index contributed by atoms with van der Waals surface area (Å²) in [5.74, 6) is 0. The highest BCUT2D eigenvalue weighted by Gasteiger charge is 2.39. The van der Waals surface area contributed by atoms with Crippen molar-refractivity contribution in [1.29, 1.82) is 0 Å². The molecule has 2 aliphatic heterocycles. The van der Waals surface area contributed by atoms with Gasteiger partial charge in [0.2, 0.25) is 0 Å². The van der Waals surface area contributed by atoms with Gasteiger partial charge in [0.25, 0.3) is 0 Å². The Kier molecular flexibility index (Phi) is 2.94. The highest BCUT2D eigenvalue weighted by molar-refractivity contribution is 5.60. The third-order valence-electron chi connectivity index (χ3n) is 4.41.